The van der Waals surface area contributed by atoms with Crippen molar-refractivity contribution in [3.63, 3.8) is 0 Å². The Kier molecular flexibility index (Phi) is 4.91. The first kappa shape index (κ1) is 19.2. The molecule has 0 aliphatic rings. The molecule has 0 unspecified atom stereocenters. The predicted octanol–water partition coefficient (Wildman–Crippen LogP) is 5.63. The third-order valence-electron chi connectivity index (χ3n) is 4.89. The van der Waals surface area contributed by atoms with Gasteiger partial charge >= 0.3 is 0 Å². The minimum atomic E-state index is -3.33. The van der Waals surface area contributed by atoms with Crippen LogP contribution < -0.4 is 0 Å². The first-order chi connectivity index (χ1) is 12.6. The molecule has 0 saturated carbocycles. The highest BCUT2D eigenvalue weighted by atomic mass is 32.2. The van der Waals surface area contributed by atoms with E-state index in [2.05, 4.69) is 0 Å². The molecule has 0 atom stereocenters. The van der Waals surface area contributed by atoms with Crippen LogP contribution in [0.25, 0.3) is 22.3 Å². The molecule has 0 spiro atoms. The Hall–Kier alpha value is -2.53. The minimum Gasteiger partial charge on any atom is -0.224 e. The molecule has 0 fully saturated rings. The summed E-state index contributed by atoms with van der Waals surface area (Å²) in [5.74, 6) is -1.86. The number of aryl methyl sites for hydroxylation is 2. The number of hydrogen-bond donors (Lipinski definition) is 0. The molecule has 0 N–H and O–H groups in total. The van der Waals surface area contributed by atoms with Crippen molar-refractivity contribution in [1.29, 1.82) is 0 Å². The van der Waals surface area contributed by atoms with Crippen LogP contribution in [0.5, 0.6) is 0 Å². The van der Waals surface area contributed by atoms with Gasteiger partial charge < -0.3 is 0 Å². The average Bonchev–Trinajstić information content (AvgIpc) is 2.60. The van der Waals surface area contributed by atoms with E-state index in [1.165, 1.54) is 18.2 Å². The Morgan fingerprint density at radius 1 is 0.704 bits per heavy atom. The number of halogens is 2. The van der Waals surface area contributed by atoms with Crippen molar-refractivity contribution in [3.8, 4) is 22.3 Å². The summed E-state index contributed by atoms with van der Waals surface area (Å²) in [7, 11) is -3.33. The van der Waals surface area contributed by atoms with Gasteiger partial charge in [0.2, 0.25) is 0 Å². The Bertz CT molecular complexity index is 1110. The fourth-order valence-electron chi connectivity index (χ4n) is 3.10. The molecule has 0 amide bonds. The van der Waals surface area contributed by atoms with Crippen molar-refractivity contribution in [3.05, 3.63) is 76.9 Å². The molecule has 0 radical (unpaired) electrons. The van der Waals surface area contributed by atoms with E-state index in [-0.39, 0.29) is 4.90 Å². The fraction of sp³-hybridized carbons (Fsp3) is 0.182. The van der Waals surface area contributed by atoms with Crippen LogP contribution in [0.2, 0.25) is 0 Å². The molecule has 3 rings (SSSR count). The highest BCUT2D eigenvalue weighted by Gasteiger charge is 2.15. The maximum absolute atomic E-state index is 14.0. The zero-order valence-electron chi connectivity index (χ0n) is 15.6. The van der Waals surface area contributed by atoms with E-state index in [9.17, 15) is 17.2 Å². The lowest BCUT2D eigenvalue weighted by atomic mass is 9.91. The van der Waals surface area contributed by atoms with E-state index in [1.807, 2.05) is 32.9 Å². The van der Waals surface area contributed by atoms with Crippen LogP contribution in [0, 0.1) is 32.4 Å². The number of hydrogen-bond acceptors (Lipinski definition) is 2. The Morgan fingerprint density at radius 3 is 1.59 bits per heavy atom. The predicted molar refractivity (Wildman–Crippen MR) is 105 cm³/mol. The van der Waals surface area contributed by atoms with Crippen LogP contribution in [0.4, 0.5) is 8.78 Å². The quantitative estimate of drug-likeness (QED) is 0.585. The lowest BCUT2D eigenvalue weighted by Gasteiger charge is -2.15. The van der Waals surface area contributed by atoms with Gasteiger partial charge in [-0.3, -0.25) is 0 Å². The van der Waals surface area contributed by atoms with Crippen molar-refractivity contribution >= 4 is 9.84 Å². The summed E-state index contributed by atoms with van der Waals surface area (Å²) in [5.41, 5.74) is 5.76. The first-order valence-corrected chi connectivity index (χ1v) is 10.3. The molecule has 0 saturated heterocycles. The highest BCUT2D eigenvalue weighted by Crippen LogP contribution is 2.36. The van der Waals surface area contributed by atoms with E-state index in [0.717, 1.165) is 34.6 Å². The standard InChI is InChI=1S/C22H20F2O2S/c1-13-9-17(10-14(2)15(13)3)20-12-22(24)21(23)11-19(20)16-5-7-18(8-6-16)27(4,25)26/h5-12H,1-4H3. The molecule has 0 aliphatic carbocycles. The van der Waals surface area contributed by atoms with Gasteiger partial charge in [-0.05, 0) is 84.0 Å². The average molecular weight is 386 g/mol. The van der Waals surface area contributed by atoms with Crippen molar-refractivity contribution in [2.24, 2.45) is 0 Å². The fourth-order valence-corrected chi connectivity index (χ4v) is 3.73. The zero-order valence-corrected chi connectivity index (χ0v) is 16.4. The van der Waals surface area contributed by atoms with Crippen LogP contribution in [0.15, 0.2) is 53.4 Å². The second-order valence-corrected chi connectivity index (χ2v) is 8.86. The molecular formula is C22H20F2O2S. The Labute approximate surface area is 158 Å². The SMILES string of the molecule is Cc1cc(-c2cc(F)c(F)cc2-c2ccc(S(C)(=O)=O)cc2)cc(C)c1C. The summed E-state index contributed by atoms with van der Waals surface area (Å²) in [4.78, 5) is 0.178. The number of sulfone groups is 1. The third-order valence-corrected chi connectivity index (χ3v) is 6.02. The maximum atomic E-state index is 14.0. The molecule has 0 aromatic heterocycles. The largest absolute Gasteiger partial charge is 0.224 e. The Balaban J connectivity index is 2.24. The van der Waals surface area contributed by atoms with Crippen LogP contribution in [-0.2, 0) is 9.84 Å². The van der Waals surface area contributed by atoms with Gasteiger partial charge in [-0.15, -0.1) is 0 Å². The number of rotatable bonds is 3. The summed E-state index contributed by atoms with van der Waals surface area (Å²) in [6.45, 7) is 5.98. The molecule has 140 valence electrons. The highest BCUT2D eigenvalue weighted by molar-refractivity contribution is 7.90. The summed E-state index contributed by atoms with van der Waals surface area (Å²) in [5, 5.41) is 0. The normalized spacial score (nSPS) is 11.6. The lowest BCUT2D eigenvalue weighted by Crippen LogP contribution is -1.97. The molecule has 0 bridgehead atoms. The van der Waals surface area contributed by atoms with Crippen molar-refractivity contribution in [2.45, 2.75) is 25.7 Å². The van der Waals surface area contributed by atoms with E-state index < -0.39 is 21.5 Å². The number of benzene rings is 3. The van der Waals surface area contributed by atoms with Gasteiger partial charge in [0.1, 0.15) is 0 Å². The molecule has 3 aromatic rings. The summed E-state index contributed by atoms with van der Waals surface area (Å²) in [6, 6.07) is 12.4. The third kappa shape index (κ3) is 3.78. The van der Waals surface area contributed by atoms with E-state index in [0.29, 0.717) is 16.7 Å². The topological polar surface area (TPSA) is 34.1 Å². The molecule has 0 heterocycles. The summed E-state index contributed by atoms with van der Waals surface area (Å²) >= 11 is 0. The summed E-state index contributed by atoms with van der Waals surface area (Å²) < 4.78 is 51.3. The summed E-state index contributed by atoms with van der Waals surface area (Å²) in [6.07, 6.45) is 1.13. The smallest absolute Gasteiger partial charge is 0.175 e. The second-order valence-electron chi connectivity index (χ2n) is 6.84. The molecule has 27 heavy (non-hydrogen) atoms. The van der Waals surface area contributed by atoms with Crippen molar-refractivity contribution in [1.82, 2.24) is 0 Å². The zero-order chi connectivity index (χ0) is 19.9. The molecule has 5 heteroatoms. The van der Waals surface area contributed by atoms with Gasteiger partial charge in [0.25, 0.3) is 0 Å². The van der Waals surface area contributed by atoms with Crippen LogP contribution in [0.3, 0.4) is 0 Å². The maximum Gasteiger partial charge on any atom is 0.175 e. The van der Waals surface area contributed by atoms with E-state index in [1.54, 1.807) is 12.1 Å². The lowest BCUT2D eigenvalue weighted by molar-refractivity contribution is 0.509. The van der Waals surface area contributed by atoms with Crippen molar-refractivity contribution in [2.75, 3.05) is 6.26 Å². The van der Waals surface area contributed by atoms with Gasteiger partial charge in [-0.2, -0.15) is 0 Å². The van der Waals surface area contributed by atoms with Gasteiger partial charge in [0.15, 0.2) is 21.5 Å². The van der Waals surface area contributed by atoms with Gasteiger partial charge in [0.05, 0.1) is 4.90 Å². The monoisotopic (exact) mass is 386 g/mol. The van der Waals surface area contributed by atoms with Gasteiger partial charge in [-0.1, -0.05) is 24.3 Å². The van der Waals surface area contributed by atoms with Crippen molar-refractivity contribution < 1.29 is 17.2 Å². The van der Waals surface area contributed by atoms with Gasteiger partial charge in [-0.25, -0.2) is 17.2 Å². The Morgan fingerprint density at radius 2 is 1.15 bits per heavy atom. The van der Waals surface area contributed by atoms with Gasteiger partial charge in [0, 0.05) is 6.26 Å². The first-order valence-electron chi connectivity index (χ1n) is 8.45. The molecular weight excluding hydrogens is 366 g/mol. The molecule has 3 aromatic carbocycles. The second kappa shape index (κ2) is 6.89. The van der Waals surface area contributed by atoms with E-state index >= 15 is 0 Å². The minimum absolute atomic E-state index is 0.178. The van der Waals surface area contributed by atoms with E-state index in [4.69, 9.17) is 0 Å². The molecule has 2 nitrogen and oxygen atoms in total. The van der Waals surface area contributed by atoms with Crippen LogP contribution >= 0.6 is 0 Å². The van der Waals surface area contributed by atoms with Crippen LogP contribution in [-0.4, -0.2) is 14.7 Å². The molecule has 0 aliphatic heterocycles. The van der Waals surface area contributed by atoms with Crippen LogP contribution in [0.1, 0.15) is 16.7 Å².